The molecule has 84 valence electrons. The van der Waals surface area contributed by atoms with Crippen molar-refractivity contribution in [2.75, 3.05) is 5.32 Å². The molecular weight excluding hydrogens is 281 g/mol. The van der Waals surface area contributed by atoms with Gasteiger partial charge in [0.1, 0.15) is 5.82 Å². The molecule has 0 unspecified atom stereocenters. The van der Waals surface area contributed by atoms with Gasteiger partial charge in [0.2, 0.25) is 5.91 Å². The summed E-state index contributed by atoms with van der Waals surface area (Å²) in [6.45, 7) is 0. The predicted octanol–water partition coefficient (Wildman–Crippen LogP) is 2.17. The smallest absolute Gasteiger partial charge is 0.328 e. The van der Waals surface area contributed by atoms with Gasteiger partial charge in [0.25, 0.3) is 0 Å². The summed E-state index contributed by atoms with van der Waals surface area (Å²) in [5, 5.41) is 10.6. The first kappa shape index (κ1) is 12.4. The number of carboxylic acids is 1. The van der Waals surface area contributed by atoms with Crippen molar-refractivity contribution in [1.82, 2.24) is 0 Å². The molecule has 0 aliphatic carbocycles. The summed E-state index contributed by atoms with van der Waals surface area (Å²) in [4.78, 5) is 21.3. The third kappa shape index (κ3) is 3.82. The third-order valence-corrected chi connectivity index (χ3v) is 2.26. The molecule has 1 aromatic carbocycles. The van der Waals surface area contributed by atoms with Gasteiger partial charge in [-0.25, -0.2) is 9.18 Å². The Labute approximate surface area is 98.9 Å². The van der Waals surface area contributed by atoms with Crippen LogP contribution in [0.15, 0.2) is 34.8 Å². The van der Waals surface area contributed by atoms with E-state index in [1.165, 1.54) is 12.1 Å². The van der Waals surface area contributed by atoms with Gasteiger partial charge in [0, 0.05) is 16.6 Å². The summed E-state index contributed by atoms with van der Waals surface area (Å²) < 4.78 is 13.3. The highest BCUT2D eigenvalue weighted by Gasteiger charge is 2.04. The fourth-order valence-corrected chi connectivity index (χ4v) is 1.26. The SMILES string of the molecule is O=C(O)/C=C/C(=O)Nc1cc(F)ccc1Br. The molecule has 0 heterocycles. The highest BCUT2D eigenvalue weighted by molar-refractivity contribution is 9.10. The number of nitrogens with one attached hydrogen (secondary N) is 1. The highest BCUT2D eigenvalue weighted by atomic mass is 79.9. The van der Waals surface area contributed by atoms with Crippen molar-refractivity contribution in [1.29, 1.82) is 0 Å². The molecule has 0 saturated carbocycles. The fraction of sp³-hybridized carbons (Fsp3) is 0. The van der Waals surface area contributed by atoms with E-state index in [4.69, 9.17) is 5.11 Å². The fourth-order valence-electron chi connectivity index (χ4n) is 0.915. The van der Waals surface area contributed by atoms with E-state index < -0.39 is 17.7 Å². The quantitative estimate of drug-likeness (QED) is 0.838. The number of hydrogen-bond acceptors (Lipinski definition) is 2. The minimum absolute atomic E-state index is 0.236. The lowest BCUT2D eigenvalue weighted by molar-refractivity contribution is -0.131. The molecule has 0 aromatic heterocycles. The normalized spacial score (nSPS) is 10.4. The molecule has 2 N–H and O–H groups in total. The largest absolute Gasteiger partial charge is 0.478 e. The molecule has 0 spiro atoms. The number of rotatable bonds is 3. The average Bonchev–Trinajstić information content (AvgIpc) is 2.20. The Morgan fingerprint density at radius 2 is 2.06 bits per heavy atom. The first-order valence-electron chi connectivity index (χ1n) is 4.16. The van der Waals surface area contributed by atoms with E-state index in [0.29, 0.717) is 10.5 Å². The van der Waals surface area contributed by atoms with Crippen molar-refractivity contribution in [2.45, 2.75) is 0 Å². The second kappa shape index (κ2) is 5.41. The van der Waals surface area contributed by atoms with Crippen LogP contribution in [0, 0.1) is 5.82 Å². The summed E-state index contributed by atoms with van der Waals surface area (Å²) in [5.74, 6) is -2.37. The van der Waals surface area contributed by atoms with Gasteiger partial charge in [-0.05, 0) is 34.1 Å². The Morgan fingerprint density at radius 3 is 2.69 bits per heavy atom. The summed E-state index contributed by atoms with van der Waals surface area (Å²) in [7, 11) is 0. The molecule has 1 rings (SSSR count). The van der Waals surface area contributed by atoms with Gasteiger partial charge in [-0.3, -0.25) is 4.79 Å². The van der Waals surface area contributed by atoms with Gasteiger partial charge in [-0.2, -0.15) is 0 Å². The zero-order valence-electron chi connectivity index (χ0n) is 7.91. The zero-order chi connectivity index (χ0) is 12.1. The predicted molar refractivity (Wildman–Crippen MR) is 59.5 cm³/mol. The number of benzene rings is 1. The van der Waals surface area contributed by atoms with Crippen LogP contribution in [0.5, 0.6) is 0 Å². The summed E-state index contributed by atoms with van der Waals surface area (Å²) in [6.07, 6.45) is 1.54. The van der Waals surface area contributed by atoms with Crippen molar-refractivity contribution in [3.05, 3.63) is 40.6 Å². The standard InChI is InChI=1S/C10H7BrFNO3/c11-7-2-1-6(12)5-8(7)13-9(14)3-4-10(15)16/h1-5H,(H,13,14)(H,15,16)/b4-3+. The Bertz CT molecular complexity index is 459. The van der Waals surface area contributed by atoms with Crippen molar-refractivity contribution in [2.24, 2.45) is 0 Å². The van der Waals surface area contributed by atoms with Crippen LogP contribution in [0.25, 0.3) is 0 Å². The second-order valence-electron chi connectivity index (χ2n) is 2.78. The minimum atomic E-state index is -1.23. The van der Waals surface area contributed by atoms with Crippen molar-refractivity contribution in [3.63, 3.8) is 0 Å². The van der Waals surface area contributed by atoms with Gasteiger partial charge in [0.05, 0.1) is 5.69 Å². The first-order valence-corrected chi connectivity index (χ1v) is 4.95. The van der Waals surface area contributed by atoms with Crippen LogP contribution >= 0.6 is 15.9 Å². The second-order valence-corrected chi connectivity index (χ2v) is 3.64. The third-order valence-electron chi connectivity index (χ3n) is 1.56. The Kier molecular flexibility index (Phi) is 4.19. The van der Waals surface area contributed by atoms with Crippen molar-refractivity contribution >= 4 is 33.5 Å². The van der Waals surface area contributed by atoms with Gasteiger partial charge < -0.3 is 10.4 Å². The van der Waals surface area contributed by atoms with Crippen LogP contribution in [0.4, 0.5) is 10.1 Å². The molecule has 1 aromatic rings. The van der Waals surface area contributed by atoms with Crippen LogP contribution in [0.1, 0.15) is 0 Å². The van der Waals surface area contributed by atoms with Gasteiger partial charge >= 0.3 is 5.97 Å². The minimum Gasteiger partial charge on any atom is -0.478 e. The lowest BCUT2D eigenvalue weighted by Gasteiger charge is -2.04. The molecular formula is C10H7BrFNO3. The van der Waals surface area contributed by atoms with Crippen LogP contribution in [0.3, 0.4) is 0 Å². The molecule has 0 aliphatic heterocycles. The lowest BCUT2D eigenvalue weighted by Crippen LogP contribution is -2.09. The maximum Gasteiger partial charge on any atom is 0.328 e. The number of hydrogen-bond donors (Lipinski definition) is 2. The van der Waals surface area contributed by atoms with Crippen molar-refractivity contribution < 1.29 is 19.1 Å². The maximum absolute atomic E-state index is 12.8. The Balaban J connectivity index is 2.77. The van der Waals surface area contributed by atoms with E-state index in [1.807, 2.05) is 0 Å². The van der Waals surface area contributed by atoms with E-state index in [-0.39, 0.29) is 5.69 Å². The molecule has 16 heavy (non-hydrogen) atoms. The monoisotopic (exact) mass is 287 g/mol. The molecule has 0 aliphatic rings. The highest BCUT2D eigenvalue weighted by Crippen LogP contribution is 2.22. The molecule has 0 fully saturated rings. The topological polar surface area (TPSA) is 66.4 Å². The number of anilines is 1. The Morgan fingerprint density at radius 1 is 1.38 bits per heavy atom. The number of carboxylic acid groups (broad SMARTS) is 1. The molecule has 0 bridgehead atoms. The maximum atomic E-state index is 12.8. The summed E-state index contributed by atoms with van der Waals surface area (Å²) >= 11 is 3.12. The van der Waals surface area contributed by atoms with E-state index in [1.54, 1.807) is 0 Å². The molecule has 6 heteroatoms. The summed E-state index contributed by atoms with van der Waals surface area (Å²) in [6, 6.07) is 3.79. The molecule has 0 atom stereocenters. The first-order chi connectivity index (χ1) is 7.49. The van der Waals surface area contributed by atoms with E-state index in [2.05, 4.69) is 21.2 Å². The van der Waals surface area contributed by atoms with Crippen LogP contribution < -0.4 is 5.32 Å². The number of carbonyl (C=O) groups excluding carboxylic acids is 1. The molecule has 1 amide bonds. The van der Waals surface area contributed by atoms with E-state index >= 15 is 0 Å². The number of carbonyl (C=O) groups is 2. The number of halogens is 2. The van der Waals surface area contributed by atoms with Crippen LogP contribution in [0.2, 0.25) is 0 Å². The number of amides is 1. The lowest BCUT2D eigenvalue weighted by atomic mass is 10.3. The molecule has 0 radical (unpaired) electrons. The van der Waals surface area contributed by atoms with Gasteiger partial charge in [0.15, 0.2) is 0 Å². The zero-order valence-corrected chi connectivity index (χ0v) is 9.49. The summed E-state index contributed by atoms with van der Waals surface area (Å²) in [5.41, 5.74) is 0.236. The van der Waals surface area contributed by atoms with Gasteiger partial charge in [-0.1, -0.05) is 0 Å². The van der Waals surface area contributed by atoms with E-state index in [9.17, 15) is 14.0 Å². The van der Waals surface area contributed by atoms with Crippen molar-refractivity contribution in [3.8, 4) is 0 Å². The Hall–Kier alpha value is -1.69. The van der Waals surface area contributed by atoms with E-state index in [0.717, 1.165) is 12.1 Å². The molecule has 4 nitrogen and oxygen atoms in total. The van der Waals surface area contributed by atoms with Gasteiger partial charge in [-0.15, -0.1) is 0 Å². The number of aliphatic carboxylic acids is 1. The van der Waals surface area contributed by atoms with Crippen LogP contribution in [-0.4, -0.2) is 17.0 Å². The molecule has 0 saturated heterocycles. The average molecular weight is 288 g/mol. The van der Waals surface area contributed by atoms with Crippen LogP contribution in [-0.2, 0) is 9.59 Å².